The Morgan fingerprint density at radius 1 is 1.44 bits per heavy atom. The molecule has 0 fully saturated rings. The van der Waals surface area contributed by atoms with Gasteiger partial charge in [-0.15, -0.1) is 11.3 Å². The molecular weight excluding hydrogens is 244 g/mol. The van der Waals surface area contributed by atoms with Gasteiger partial charge in [-0.05, 0) is 37.9 Å². The van der Waals surface area contributed by atoms with E-state index in [1.54, 1.807) is 11.3 Å². The number of ether oxygens (including phenoxy) is 1. The van der Waals surface area contributed by atoms with Gasteiger partial charge in [0.05, 0.1) is 11.5 Å². The Morgan fingerprint density at radius 2 is 2.19 bits per heavy atom. The van der Waals surface area contributed by atoms with Gasteiger partial charge < -0.3 is 4.74 Å². The van der Waals surface area contributed by atoms with E-state index in [1.165, 1.54) is 4.88 Å². The largest absolute Gasteiger partial charge is 0.474 e. The molecule has 2 rings (SSSR count). The minimum absolute atomic E-state index is 0.0825. The number of nitrogens with zero attached hydrogens (tertiary/aromatic N) is 2. The summed E-state index contributed by atoms with van der Waals surface area (Å²) in [5, 5.41) is 1.20. The summed E-state index contributed by atoms with van der Waals surface area (Å²) in [5.41, 5.74) is 0. The molecule has 0 unspecified atom stereocenters. The fourth-order valence-electron chi connectivity index (χ4n) is 1.41. The van der Waals surface area contributed by atoms with E-state index in [0.29, 0.717) is 5.88 Å². The Morgan fingerprint density at radius 3 is 2.81 bits per heavy atom. The molecule has 0 N–H and O–H groups in total. The lowest BCUT2D eigenvalue weighted by atomic mass is 10.3. The highest BCUT2D eigenvalue weighted by Gasteiger charge is 2.12. The quantitative estimate of drug-likeness (QED) is 0.786. The number of hydrogen-bond donors (Lipinski definition) is 0. The molecule has 2 aromatic heterocycles. The first-order chi connectivity index (χ1) is 7.60. The molecule has 0 aliphatic heterocycles. The molecular formula is C11H13ClN2OS. The van der Waals surface area contributed by atoms with Crippen molar-refractivity contribution in [3.05, 3.63) is 16.2 Å². The molecule has 0 bridgehead atoms. The van der Waals surface area contributed by atoms with Crippen molar-refractivity contribution in [2.45, 2.75) is 33.3 Å². The molecule has 0 spiro atoms. The topological polar surface area (TPSA) is 35.0 Å². The van der Waals surface area contributed by atoms with Gasteiger partial charge in [0.1, 0.15) is 4.83 Å². The highest BCUT2D eigenvalue weighted by Crippen LogP contribution is 2.31. The zero-order valence-corrected chi connectivity index (χ0v) is 11.0. The standard InChI is InChI=1S/C11H13ClN2OS/c1-4-7-5-8-9(15-6(2)3)13-11(12)14-10(8)16-7/h5-6H,4H2,1-3H3. The maximum Gasteiger partial charge on any atom is 0.227 e. The molecule has 2 aromatic rings. The number of halogens is 1. The third kappa shape index (κ3) is 2.28. The molecule has 16 heavy (non-hydrogen) atoms. The van der Waals surface area contributed by atoms with Crippen molar-refractivity contribution in [1.82, 2.24) is 9.97 Å². The van der Waals surface area contributed by atoms with Crippen molar-refractivity contribution < 1.29 is 4.74 Å². The van der Waals surface area contributed by atoms with Gasteiger partial charge in [0.15, 0.2) is 0 Å². The van der Waals surface area contributed by atoms with E-state index in [-0.39, 0.29) is 11.4 Å². The molecule has 2 heterocycles. The van der Waals surface area contributed by atoms with Crippen molar-refractivity contribution in [1.29, 1.82) is 0 Å². The number of aryl methyl sites for hydroxylation is 1. The maximum atomic E-state index is 5.86. The second-order valence-corrected chi connectivity index (χ2v) is 5.20. The maximum absolute atomic E-state index is 5.86. The highest BCUT2D eigenvalue weighted by atomic mass is 35.5. The average Bonchev–Trinajstić information content (AvgIpc) is 2.59. The van der Waals surface area contributed by atoms with Crippen LogP contribution in [0.5, 0.6) is 5.88 Å². The van der Waals surface area contributed by atoms with Crippen molar-refractivity contribution in [3.63, 3.8) is 0 Å². The van der Waals surface area contributed by atoms with Gasteiger partial charge in [0.25, 0.3) is 0 Å². The van der Waals surface area contributed by atoms with Crippen LogP contribution in [0.15, 0.2) is 6.07 Å². The van der Waals surface area contributed by atoms with Crippen LogP contribution in [0.25, 0.3) is 10.2 Å². The number of aromatic nitrogens is 2. The van der Waals surface area contributed by atoms with Crippen molar-refractivity contribution >= 4 is 33.2 Å². The van der Waals surface area contributed by atoms with Crippen molar-refractivity contribution in [3.8, 4) is 5.88 Å². The van der Waals surface area contributed by atoms with Crippen LogP contribution in [0.3, 0.4) is 0 Å². The lowest BCUT2D eigenvalue weighted by Crippen LogP contribution is -2.07. The molecule has 3 nitrogen and oxygen atoms in total. The Bertz CT molecular complexity index is 510. The zero-order chi connectivity index (χ0) is 11.7. The predicted octanol–water partition coefficient (Wildman–Crippen LogP) is 3.69. The smallest absolute Gasteiger partial charge is 0.227 e. The molecule has 0 aliphatic rings. The SMILES string of the molecule is CCc1cc2c(OC(C)C)nc(Cl)nc2s1. The lowest BCUT2D eigenvalue weighted by molar-refractivity contribution is 0.236. The summed E-state index contributed by atoms with van der Waals surface area (Å²) in [6, 6.07) is 2.08. The second kappa shape index (κ2) is 4.55. The van der Waals surface area contributed by atoms with Crippen LogP contribution in [-0.4, -0.2) is 16.1 Å². The summed E-state index contributed by atoms with van der Waals surface area (Å²) in [6.07, 6.45) is 1.07. The van der Waals surface area contributed by atoms with Crippen molar-refractivity contribution in [2.75, 3.05) is 0 Å². The summed E-state index contributed by atoms with van der Waals surface area (Å²) >= 11 is 7.50. The van der Waals surface area contributed by atoms with Crippen LogP contribution < -0.4 is 4.74 Å². The van der Waals surface area contributed by atoms with Gasteiger partial charge in [0, 0.05) is 4.88 Å². The van der Waals surface area contributed by atoms with Crippen LogP contribution in [-0.2, 0) is 6.42 Å². The van der Waals surface area contributed by atoms with E-state index in [0.717, 1.165) is 16.6 Å². The first-order valence-electron chi connectivity index (χ1n) is 5.22. The van der Waals surface area contributed by atoms with Crippen LogP contribution >= 0.6 is 22.9 Å². The van der Waals surface area contributed by atoms with Gasteiger partial charge in [-0.1, -0.05) is 6.92 Å². The molecule has 0 aliphatic carbocycles. The van der Waals surface area contributed by atoms with E-state index in [2.05, 4.69) is 23.0 Å². The predicted molar refractivity (Wildman–Crippen MR) is 67.6 cm³/mol. The van der Waals surface area contributed by atoms with E-state index in [4.69, 9.17) is 16.3 Å². The Hall–Kier alpha value is -0.870. The molecule has 0 radical (unpaired) electrons. The van der Waals surface area contributed by atoms with Crippen LogP contribution in [0.4, 0.5) is 0 Å². The van der Waals surface area contributed by atoms with E-state index in [9.17, 15) is 0 Å². The fraction of sp³-hybridized carbons (Fsp3) is 0.455. The van der Waals surface area contributed by atoms with Crippen LogP contribution in [0.2, 0.25) is 5.28 Å². The van der Waals surface area contributed by atoms with E-state index >= 15 is 0 Å². The van der Waals surface area contributed by atoms with E-state index < -0.39 is 0 Å². The monoisotopic (exact) mass is 256 g/mol. The van der Waals surface area contributed by atoms with Gasteiger partial charge in [-0.2, -0.15) is 4.98 Å². The highest BCUT2D eigenvalue weighted by molar-refractivity contribution is 7.18. The third-order valence-corrected chi connectivity index (χ3v) is 3.42. The van der Waals surface area contributed by atoms with Crippen LogP contribution in [0.1, 0.15) is 25.6 Å². The summed E-state index contributed by atoms with van der Waals surface area (Å²) in [4.78, 5) is 10.5. The van der Waals surface area contributed by atoms with Gasteiger partial charge in [-0.25, -0.2) is 4.98 Å². The number of thiophene rings is 1. The number of fused-ring (bicyclic) bond motifs is 1. The zero-order valence-electron chi connectivity index (χ0n) is 9.45. The third-order valence-electron chi connectivity index (χ3n) is 2.08. The molecule has 0 aromatic carbocycles. The molecule has 0 atom stereocenters. The lowest BCUT2D eigenvalue weighted by Gasteiger charge is -2.09. The average molecular weight is 257 g/mol. The Labute approximate surface area is 103 Å². The number of rotatable bonds is 3. The van der Waals surface area contributed by atoms with Gasteiger partial charge in [-0.3, -0.25) is 0 Å². The number of hydrogen-bond acceptors (Lipinski definition) is 4. The van der Waals surface area contributed by atoms with Gasteiger partial charge in [0.2, 0.25) is 11.2 Å². The summed E-state index contributed by atoms with van der Waals surface area (Å²) in [7, 11) is 0. The molecule has 0 saturated carbocycles. The summed E-state index contributed by atoms with van der Waals surface area (Å²) < 4.78 is 5.64. The minimum atomic E-state index is 0.0825. The summed E-state index contributed by atoms with van der Waals surface area (Å²) in [5.74, 6) is 0.584. The Balaban J connectivity index is 2.56. The van der Waals surface area contributed by atoms with Crippen molar-refractivity contribution in [2.24, 2.45) is 0 Å². The Kier molecular flexibility index (Phi) is 3.30. The van der Waals surface area contributed by atoms with Gasteiger partial charge >= 0.3 is 0 Å². The van der Waals surface area contributed by atoms with Crippen LogP contribution in [0, 0.1) is 0 Å². The first-order valence-corrected chi connectivity index (χ1v) is 6.42. The summed E-state index contributed by atoms with van der Waals surface area (Å²) in [6.45, 7) is 6.05. The molecule has 0 amide bonds. The second-order valence-electron chi connectivity index (χ2n) is 3.75. The normalized spacial score (nSPS) is 11.3. The molecule has 5 heteroatoms. The molecule has 0 saturated heterocycles. The fourth-order valence-corrected chi connectivity index (χ4v) is 2.58. The first kappa shape index (κ1) is 11.6. The van der Waals surface area contributed by atoms with E-state index in [1.807, 2.05) is 13.8 Å². The minimum Gasteiger partial charge on any atom is -0.474 e. The molecule has 86 valence electrons.